The number of anilines is 3. The first-order chi connectivity index (χ1) is 12.1. The first-order valence-electron chi connectivity index (χ1n) is 7.83. The van der Waals surface area contributed by atoms with Crippen LogP contribution in [0, 0.1) is 6.92 Å². The lowest BCUT2D eigenvalue weighted by molar-refractivity contribution is 0.768. The lowest BCUT2D eigenvalue weighted by Crippen LogP contribution is -1.98. The monoisotopic (exact) mass is 331 g/mol. The first kappa shape index (κ1) is 15.1. The molecule has 0 spiro atoms. The summed E-state index contributed by atoms with van der Waals surface area (Å²) in [4.78, 5) is 13.1. The molecule has 124 valence electrons. The van der Waals surface area contributed by atoms with Gasteiger partial charge in [0, 0.05) is 42.8 Å². The minimum Gasteiger partial charge on any atom is -0.383 e. The highest BCUT2D eigenvalue weighted by molar-refractivity contribution is 5.94. The van der Waals surface area contributed by atoms with E-state index in [1.165, 1.54) is 0 Å². The van der Waals surface area contributed by atoms with Crippen molar-refractivity contribution in [3.05, 3.63) is 54.7 Å². The summed E-state index contributed by atoms with van der Waals surface area (Å²) < 4.78 is 1.73. The minimum absolute atomic E-state index is 0.455. The highest BCUT2D eigenvalue weighted by Crippen LogP contribution is 2.29. The van der Waals surface area contributed by atoms with Gasteiger partial charge < -0.3 is 11.1 Å². The molecule has 0 aliphatic rings. The van der Waals surface area contributed by atoms with E-state index in [4.69, 9.17) is 5.73 Å². The van der Waals surface area contributed by atoms with Crippen LogP contribution in [0.2, 0.25) is 0 Å². The molecule has 0 amide bonds. The van der Waals surface area contributed by atoms with Gasteiger partial charge in [0.2, 0.25) is 0 Å². The first-order valence-corrected chi connectivity index (χ1v) is 7.83. The van der Waals surface area contributed by atoms with E-state index in [1.54, 1.807) is 29.5 Å². The smallest absolute Gasteiger partial charge is 0.133 e. The SMILES string of the molecule is Cc1ccncc1-c1cc2cc(Nc3cnn(C)c3)ncc2c(N)n1. The highest BCUT2D eigenvalue weighted by Gasteiger charge is 2.09. The fraction of sp³-hybridized carbons (Fsp3) is 0.111. The molecule has 4 aromatic rings. The minimum atomic E-state index is 0.455. The van der Waals surface area contributed by atoms with Crippen LogP contribution in [0.15, 0.2) is 49.2 Å². The molecule has 4 rings (SSSR count). The molecule has 4 aromatic heterocycles. The number of nitrogen functional groups attached to an aromatic ring is 1. The van der Waals surface area contributed by atoms with Gasteiger partial charge in [-0.15, -0.1) is 0 Å². The number of pyridine rings is 3. The zero-order valence-corrected chi connectivity index (χ0v) is 13.9. The molecule has 0 atom stereocenters. The molecule has 0 unspecified atom stereocenters. The van der Waals surface area contributed by atoms with Crippen LogP contribution in [0.3, 0.4) is 0 Å². The molecule has 7 nitrogen and oxygen atoms in total. The average Bonchev–Trinajstić information content (AvgIpc) is 3.00. The maximum Gasteiger partial charge on any atom is 0.133 e. The van der Waals surface area contributed by atoms with Gasteiger partial charge >= 0.3 is 0 Å². The van der Waals surface area contributed by atoms with E-state index in [1.807, 2.05) is 38.4 Å². The van der Waals surface area contributed by atoms with Gasteiger partial charge in [-0.05, 0) is 36.1 Å². The second-order valence-corrected chi connectivity index (χ2v) is 5.90. The van der Waals surface area contributed by atoms with E-state index in [-0.39, 0.29) is 0 Å². The van der Waals surface area contributed by atoms with Gasteiger partial charge in [-0.3, -0.25) is 9.67 Å². The second kappa shape index (κ2) is 5.86. The fourth-order valence-electron chi connectivity index (χ4n) is 2.75. The Morgan fingerprint density at radius 2 is 2.04 bits per heavy atom. The number of rotatable bonds is 3. The summed E-state index contributed by atoms with van der Waals surface area (Å²) >= 11 is 0. The number of nitrogens with two attached hydrogens (primary N) is 1. The van der Waals surface area contributed by atoms with Crippen LogP contribution in [0.25, 0.3) is 22.0 Å². The summed E-state index contributed by atoms with van der Waals surface area (Å²) in [7, 11) is 1.87. The summed E-state index contributed by atoms with van der Waals surface area (Å²) in [5.41, 5.74) is 9.89. The molecule has 0 aliphatic heterocycles. The van der Waals surface area contributed by atoms with Crippen molar-refractivity contribution in [1.29, 1.82) is 0 Å². The molecule has 25 heavy (non-hydrogen) atoms. The van der Waals surface area contributed by atoms with E-state index < -0.39 is 0 Å². The van der Waals surface area contributed by atoms with Gasteiger partial charge in [0.25, 0.3) is 0 Å². The summed E-state index contributed by atoms with van der Waals surface area (Å²) in [5.74, 6) is 1.18. The number of aromatic nitrogens is 5. The van der Waals surface area contributed by atoms with Crippen LogP contribution in [0.1, 0.15) is 5.56 Å². The van der Waals surface area contributed by atoms with Crippen LogP contribution in [-0.4, -0.2) is 24.7 Å². The number of aryl methyl sites for hydroxylation is 2. The van der Waals surface area contributed by atoms with Crippen LogP contribution in [0.4, 0.5) is 17.3 Å². The quantitative estimate of drug-likeness (QED) is 0.599. The molecule has 0 aliphatic carbocycles. The van der Waals surface area contributed by atoms with E-state index in [0.29, 0.717) is 5.82 Å². The summed E-state index contributed by atoms with van der Waals surface area (Å²) in [5, 5.41) is 9.17. The second-order valence-electron chi connectivity index (χ2n) is 5.90. The zero-order chi connectivity index (χ0) is 17.4. The number of fused-ring (bicyclic) bond motifs is 1. The molecule has 0 saturated carbocycles. The Bertz CT molecular complexity index is 1070. The average molecular weight is 331 g/mol. The number of hydrogen-bond donors (Lipinski definition) is 2. The number of nitrogens with one attached hydrogen (secondary N) is 1. The Hall–Kier alpha value is -3.48. The third kappa shape index (κ3) is 2.87. The van der Waals surface area contributed by atoms with Crippen molar-refractivity contribution in [2.24, 2.45) is 7.05 Å². The molecule has 3 N–H and O–H groups in total. The van der Waals surface area contributed by atoms with Crippen molar-refractivity contribution in [1.82, 2.24) is 24.7 Å². The third-order valence-corrected chi connectivity index (χ3v) is 4.04. The van der Waals surface area contributed by atoms with Gasteiger partial charge in [0.15, 0.2) is 0 Å². The molecule has 0 aromatic carbocycles. The fourth-order valence-corrected chi connectivity index (χ4v) is 2.75. The van der Waals surface area contributed by atoms with Crippen molar-refractivity contribution < 1.29 is 0 Å². The Morgan fingerprint density at radius 3 is 2.80 bits per heavy atom. The topological polar surface area (TPSA) is 94.5 Å². The Labute approximate surface area is 144 Å². The molecular formula is C18H17N7. The Kier molecular flexibility index (Phi) is 3.53. The molecule has 4 heterocycles. The van der Waals surface area contributed by atoms with Gasteiger partial charge in [0.1, 0.15) is 11.6 Å². The molecule has 0 fully saturated rings. The predicted octanol–water partition coefficient (Wildman–Crippen LogP) is 3.06. The van der Waals surface area contributed by atoms with E-state index in [2.05, 4.69) is 25.4 Å². The van der Waals surface area contributed by atoms with Crippen LogP contribution >= 0.6 is 0 Å². The van der Waals surface area contributed by atoms with Crippen molar-refractivity contribution in [2.45, 2.75) is 6.92 Å². The zero-order valence-electron chi connectivity index (χ0n) is 13.9. The molecule has 0 radical (unpaired) electrons. The van der Waals surface area contributed by atoms with Gasteiger partial charge in [0.05, 0.1) is 17.6 Å². The normalized spacial score (nSPS) is 11.0. The highest BCUT2D eigenvalue weighted by atomic mass is 15.3. The summed E-state index contributed by atoms with van der Waals surface area (Å²) in [6.07, 6.45) is 8.94. The van der Waals surface area contributed by atoms with E-state index in [9.17, 15) is 0 Å². The van der Waals surface area contributed by atoms with E-state index >= 15 is 0 Å². The molecule has 0 bridgehead atoms. The van der Waals surface area contributed by atoms with E-state index in [0.717, 1.165) is 39.1 Å². The van der Waals surface area contributed by atoms with Crippen molar-refractivity contribution in [3.8, 4) is 11.3 Å². The van der Waals surface area contributed by atoms with Crippen molar-refractivity contribution >= 4 is 28.1 Å². The Morgan fingerprint density at radius 1 is 1.16 bits per heavy atom. The Balaban J connectivity index is 1.79. The number of hydrogen-bond acceptors (Lipinski definition) is 6. The third-order valence-electron chi connectivity index (χ3n) is 4.04. The van der Waals surface area contributed by atoms with Crippen LogP contribution < -0.4 is 11.1 Å². The molecular weight excluding hydrogens is 314 g/mol. The van der Waals surface area contributed by atoms with Gasteiger partial charge in [-0.25, -0.2) is 9.97 Å². The van der Waals surface area contributed by atoms with Gasteiger partial charge in [-0.2, -0.15) is 5.10 Å². The standard InChI is InChI=1S/C18H17N7/c1-11-3-4-20-8-14(11)16-5-12-6-17(21-9-15(12)18(19)24-16)23-13-7-22-25(2)10-13/h3-10H,1-2H3,(H2,19,24)(H,21,23). The maximum atomic E-state index is 6.15. The summed E-state index contributed by atoms with van der Waals surface area (Å²) in [6.45, 7) is 2.03. The molecule has 0 saturated heterocycles. The van der Waals surface area contributed by atoms with Crippen LogP contribution in [-0.2, 0) is 7.05 Å². The largest absolute Gasteiger partial charge is 0.383 e. The van der Waals surface area contributed by atoms with Gasteiger partial charge in [-0.1, -0.05) is 0 Å². The number of nitrogens with zero attached hydrogens (tertiary/aromatic N) is 5. The maximum absolute atomic E-state index is 6.15. The van der Waals surface area contributed by atoms with Crippen molar-refractivity contribution in [3.63, 3.8) is 0 Å². The lowest BCUT2D eigenvalue weighted by Gasteiger charge is -2.09. The van der Waals surface area contributed by atoms with Crippen molar-refractivity contribution in [2.75, 3.05) is 11.1 Å². The molecule has 7 heteroatoms. The van der Waals surface area contributed by atoms with Crippen LogP contribution in [0.5, 0.6) is 0 Å². The summed E-state index contributed by atoms with van der Waals surface area (Å²) in [6, 6.07) is 5.92. The predicted molar refractivity (Wildman–Crippen MR) is 98.4 cm³/mol. The lowest BCUT2D eigenvalue weighted by atomic mass is 10.1.